The second-order valence-electron chi connectivity index (χ2n) is 7.20. The number of rotatable bonds is 6. The van der Waals surface area contributed by atoms with E-state index in [0.29, 0.717) is 25.8 Å². The molecule has 3 unspecified atom stereocenters. The van der Waals surface area contributed by atoms with Crippen molar-refractivity contribution in [1.82, 2.24) is 15.6 Å². The molecular formula is C21H23N5O3. The summed E-state index contributed by atoms with van der Waals surface area (Å²) in [5, 5.41) is 6.02. The molecule has 0 bridgehead atoms. The molecule has 8 nitrogen and oxygen atoms in total. The third-order valence-electron chi connectivity index (χ3n) is 5.13. The number of isocyanates is 1. The molecule has 1 aromatic heterocycles. The molecule has 1 saturated carbocycles. The summed E-state index contributed by atoms with van der Waals surface area (Å²) in [6.07, 6.45) is 4.76. The molecule has 1 aromatic carbocycles. The maximum atomic E-state index is 11.9. The normalized spacial score (nSPS) is 23.6. The first-order valence-electron chi connectivity index (χ1n) is 9.40. The van der Waals surface area contributed by atoms with E-state index in [-0.39, 0.29) is 5.92 Å². The fourth-order valence-corrected chi connectivity index (χ4v) is 3.84. The lowest BCUT2D eigenvalue weighted by Crippen LogP contribution is -2.55. The first-order chi connectivity index (χ1) is 14.0. The number of aliphatic imine (C=N–C) groups is 1. The van der Waals surface area contributed by atoms with E-state index in [9.17, 15) is 14.4 Å². The number of hydrogen-bond acceptors (Lipinski definition) is 6. The molecule has 2 amide bonds. The molecule has 3 rings (SSSR count). The summed E-state index contributed by atoms with van der Waals surface area (Å²) < 4.78 is 0. The predicted molar refractivity (Wildman–Crippen MR) is 106 cm³/mol. The van der Waals surface area contributed by atoms with Gasteiger partial charge in [-0.2, -0.15) is 4.99 Å². The second kappa shape index (κ2) is 9.23. The van der Waals surface area contributed by atoms with Gasteiger partial charge in [0.2, 0.25) is 6.08 Å². The molecule has 1 aliphatic carbocycles. The van der Waals surface area contributed by atoms with Crippen LogP contribution in [0.1, 0.15) is 36.4 Å². The maximum absolute atomic E-state index is 11.9. The zero-order chi connectivity index (χ0) is 20.7. The highest BCUT2D eigenvalue weighted by Crippen LogP contribution is 2.39. The lowest BCUT2D eigenvalue weighted by atomic mass is 9.76. The fraction of sp³-hybridized carbons (Fsp3) is 0.333. The van der Waals surface area contributed by atoms with Crippen LogP contribution in [-0.4, -0.2) is 34.6 Å². The summed E-state index contributed by atoms with van der Waals surface area (Å²) in [6.45, 7) is 0.484. The first-order valence-corrected chi connectivity index (χ1v) is 9.40. The monoisotopic (exact) mass is 393 g/mol. The molecule has 4 N–H and O–H groups in total. The Morgan fingerprint density at radius 2 is 1.93 bits per heavy atom. The molecule has 1 fully saturated rings. The largest absolute Gasteiger partial charge is 0.361 e. The standard InChI is InChI=1S/C21H23N5O3/c22-19(28)20(29)26-17-10-16(18-8-4-5-9-23-18)11-21(12-17,25-14-27)24-13-15-6-2-1-3-7-15/h1-9,16-17,24H,10-13H2,(H2,22,28)(H,26,29). The van der Waals surface area contributed by atoms with Crippen LogP contribution in [0, 0.1) is 0 Å². The van der Waals surface area contributed by atoms with Gasteiger partial charge in [-0.05, 0) is 30.5 Å². The van der Waals surface area contributed by atoms with Crippen molar-refractivity contribution < 1.29 is 14.4 Å². The van der Waals surface area contributed by atoms with Gasteiger partial charge < -0.3 is 11.1 Å². The number of primary amides is 1. The minimum Gasteiger partial charge on any atom is -0.361 e. The van der Waals surface area contributed by atoms with Gasteiger partial charge in [-0.1, -0.05) is 36.4 Å². The minimum absolute atomic E-state index is 0.0801. The number of nitrogens with one attached hydrogen (secondary N) is 2. The minimum atomic E-state index is -1.05. The summed E-state index contributed by atoms with van der Waals surface area (Å²) in [4.78, 5) is 42.9. The van der Waals surface area contributed by atoms with Crippen LogP contribution in [0.4, 0.5) is 0 Å². The summed E-state index contributed by atoms with van der Waals surface area (Å²) in [5.41, 5.74) is 6.01. The highest BCUT2D eigenvalue weighted by atomic mass is 16.2. The molecule has 0 aliphatic heterocycles. The van der Waals surface area contributed by atoms with Crippen molar-refractivity contribution in [2.24, 2.45) is 10.7 Å². The molecule has 8 heteroatoms. The van der Waals surface area contributed by atoms with Crippen molar-refractivity contribution in [2.45, 2.75) is 43.4 Å². The van der Waals surface area contributed by atoms with Gasteiger partial charge in [0.25, 0.3) is 0 Å². The van der Waals surface area contributed by atoms with Crippen molar-refractivity contribution >= 4 is 17.9 Å². The zero-order valence-corrected chi connectivity index (χ0v) is 15.9. The van der Waals surface area contributed by atoms with Crippen molar-refractivity contribution in [2.75, 3.05) is 0 Å². The van der Waals surface area contributed by atoms with Crippen LogP contribution in [0.3, 0.4) is 0 Å². The number of carbonyl (C=O) groups is 2. The summed E-state index contributed by atoms with van der Waals surface area (Å²) in [6, 6.07) is 14.9. The van der Waals surface area contributed by atoms with Gasteiger partial charge in [0.1, 0.15) is 5.66 Å². The Bertz CT molecular complexity index is 899. The molecule has 0 saturated heterocycles. The second-order valence-corrected chi connectivity index (χ2v) is 7.20. The number of nitrogens with two attached hydrogens (primary N) is 1. The molecule has 0 radical (unpaired) electrons. The Kier molecular flexibility index (Phi) is 6.49. The van der Waals surface area contributed by atoms with Crippen LogP contribution in [0.15, 0.2) is 59.7 Å². The molecule has 1 aliphatic rings. The van der Waals surface area contributed by atoms with Gasteiger partial charge in [-0.15, -0.1) is 0 Å². The smallest absolute Gasteiger partial charge is 0.309 e. The lowest BCUT2D eigenvalue weighted by molar-refractivity contribution is -0.138. The Morgan fingerprint density at radius 1 is 1.17 bits per heavy atom. The average Bonchev–Trinajstić information content (AvgIpc) is 2.74. The van der Waals surface area contributed by atoms with E-state index in [1.54, 1.807) is 12.3 Å². The number of nitrogens with zero attached hydrogens (tertiary/aromatic N) is 2. The van der Waals surface area contributed by atoms with Gasteiger partial charge in [0, 0.05) is 36.8 Å². The number of aromatic nitrogens is 1. The molecule has 1 heterocycles. The highest BCUT2D eigenvalue weighted by molar-refractivity contribution is 6.34. The van der Waals surface area contributed by atoms with Crippen LogP contribution < -0.4 is 16.4 Å². The molecule has 29 heavy (non-hydrogen) atoms. The average molecular weight is 393 g/mol. The maximum Gasteiger partial charge on any atom is 0.309 e. The van der Waals surface area contributed by atoms with E-state index in [1.807, 2.05) is 48.5 Å². The van der Waals surface area contributed by atoms with E-state index in [4.69, 9.17) is 5.73 Å². The van der Waals surface area contributed by atoms with E-state index in [2.05, 4.69) is 20.6 Å². The van der Waals surface area contributed by atoms with Gasteiger partial charge in [0.05, 0.1) is 0 Å². The summed E-state index contributed by atoms with van der Waals surface area (Å²) in [7, 11) is 0. The number of pyridine rings is 1. The van der Waals surface area contributed by atoms with Gasteiger partial charge in [0.15, 0.2) is 0 Å². The first kappa shape index (κ1) is 20.4. The van der Waals surface area contributed by atoms with Crippen LogP contribution in [0.5, 0.6) is 0 Å². The van der Waals surface area contributed by atoms with Crippen molar-refractivity contribution in [3.8, 4) is 0 Å². The van der Waals surface area contributed by atoms with E-state index >= 15 is 0 Å². The van der Waals surface area contributed by atoms with Crippen LogP contribution in [0.2, 0.25) is 0 Å². The number of benzene rings is 1. The Hall–Kier alpha value is -3.35. The molecule has 3 atom stereocenters. The van der Waals surface area contributed by atoms with Crippen LogP contribution in [-0.2, 0) is 20.9 Å². The molecular weight excluding hydrogens is 370 g/mol. The molecule has 0 spiro atoms. The van der Waals surface area contributed by atoms with E-state index in [1.165, 1.54) is 0 Å². The Labute approximate surface area is 168 Å². The quantitative estimate of drug-likeness (QED) is 0.385. The van der Waals surface area contributed by atoms with E-state index < -0.39 is 23.5 Å². The van der Waals surface area contributed by atoms with Gasteiger partial charge >= 0.3 is 11.8 Å². The molecule has 150 valence electrons. The summed E-state index contributed by atoms with van der Waals surface area (Å²) in [5.74, 6) is -1.99. The number of hydrogen-bond donors (Lipinski definition) is 3. The highest BCUT2D eigenvalue weighted by Gasteiger charge is 2.42. The van der Waals surface area contributed by atoms with Gasteiger partial charge in [-0.25, -0.2) is 4.79 Å². The zero-order valence-electron chi connectivity index (χ0n) is 15.9. The Morgan fingerprint density at radius 3 is 2.59 bits per heavy atom. The van der Waals surface area contributed by atoms with Crippen LogP contribution >= 0.6 is 0 Å². The van der Waals surface area contributed by atoms with Crippen LogP contribution in [0.25, 0.3) is 0 Å². The van der Waals surface area contributed by atoms with Crippen molar-refractivity contribution in [3.05, 3.63) is 66.0 Å². The Balaban J connectivity index is 1.87. The SMILES string of the molecule is NC(=O)C(=O)NC1CC(c2ccccn2)CC(N=C=O)(NCc2ccccc2)C1. The lowest BCUT2D eigenvalue weighted by Gasteiger charge is -2.41. The van der Waals surface area contributed by atoms with Crippen molar-refractivity contribution in [1.29, 1.82) is 0 Å². The topological polar surface area (TPSA) is 127 Å². The third-order valence-corrected chi connectivity index (χ3v) is 5.13. The fourth-order valence-electron chi connectivity index (χ4n) is 3.84. The summed E-state index contributed by atoms with van der Waals surface area (Å²) >= 11 is 0. The van der Waals surface area contributed by atoms with E-state index in [0.717, 1.165) is 11.3 Å². The third kappa shape index (κ3) is 5.34. The predicted octanol–water partition coefficient (Wildman–Crippen LogP) is 1.14. The van der Waals surface area contributed by atoms with Gasteiger partial charge in [-0.3, -0.25) is 19.9 Å². The number of amides is 2. The van der Waals surface area contributed by atoms with Crippen molar-refractivity contribution in [3.63, 3.8) is 0 Å². The molecule has 2 aromatic rings. The number of carbonyl (C=O) groups excluding carboxylic acids is 3.